The third kappa shape index (κ3) is 5.42. The lowest BCUT2D eigenvalue weighted by Crippen LogP contribution is -2.42. The Balaban J connectivity index is 2.14. The number of thioether (sulfide) groups is 1. The molecule has 0 saturated carbocycles. The Morgan fingerprint density at radius 1 is 1.50 bits per heavy atom. The number of rotatable bonds is 5. The van der Waals surface area contributed by atoms with Crippen LogP contribution in [-0.2, 0) is 4.74 Å². The summed E-state index contributed by atoms with van der Waals surface area (Å²) in [5, 5.41) is 0. The van der Waals surface area contributed by atoms with Crippen LogP contribution < -0.4 is 5.73 Å². The van der Waals surface area contributed by atoms with Crippen LogP contribution in [0.4, 0.5) is 0 Å². The van der Waals surface area contributed by atoms with Gasteiger partial charge in [0.25, 0.3) is 0 Å². The summed E-state index contributed by atoms with van der Waals surface area (Å²) in [4.78, 5) is 6.44. The van der Waals surface area contributed by atoms with Crippen molar-refractivity contribution in [1.82, 2.24) is 4.90 Å². The fraction of sp³-hybridized carbons (Fsp3) is 0.727. The maximum atomic E-state index is 5.88. The van der Waals surface area contributed by atoms with Crippen LogP contribution in [0.1, 0.15) is 6.92 Å². The molecule has 0 unspecified atom stereocenters. The Labute approximate surface area is 102 Å². The molecule has 0 aliphatic carbocycles. The number of nitrogens with two attached hydrogens (primary N) is 1. The molecule has 0 aromatic carbocycles. The lowest BCUT2D eigenvalue weighted by atomic mass is 10.4. The van der Waals surface area contributed by atoms with E-state index in [1.54, 1.807) is 0 Å². The van der Waals surface area contributed by atoms with Crippen molar-refractivity contribution in [2.24, 2.45) is 10.7 Å². The van der Waals surface area contributed by atoms with Crippen LogP contribution in [0.25, 0.3) is 0 Å². The number of guanidine groups is 1. The smallest absolute Gasteiger partial charge is 0.191 e. The zero-order valence-corrected chi connectivity index (χ0v) is 10.8. The van der Waals surface area contributed by atoms with Gasteiger partial charge >= 0.3 is 0 Å². The first-order chi connectivity index (χ1) is 7.70. The van der Waals surface area contributed by atoms with E-state index in [0.717, 1.165) is 30.2 Å². The normalized spacial score (nSPS) is 17.6. The van der Waals surface area contributed by atoms with Gasteiger partial charge in [-0.05, 0) is 6.92 Å². The fourth-order valence-corrected chi connectivity index (χ4v) is 2.27. The molecule has 0 aromatic rings. The van der Waals surface area contributed by atoms with Gasteiger partial charge in [0.15, 0.2) is 5.96 Å². The van der Waals surface area contributed by atoms with Gasteiger partial charge in [-0.2, -0.15) is 11.8 Å². The third-order valence-corrected chi connectivity index (χ3v) is 3.14. The second-order valence-corrected chi connectivity index (χ2v) is 5.07. The van der Waals surface area contributed by atoms with E-state index in [-0.39, 0.29) is 0 Å². The molecule has 1 saturated heterocycles. The molecule has 0 spiro atoms. The van der Waals surface area contributed by atoms with Crippen molar-refractivity contribution in [2.75, 3.05) is 44.4 Å². The molecule has 0 amide bonds. The number of aliphatic imine (C=N–C) groups is 1. The molecule has 1 fully saturated rings. The first-order valence-electron chi connectivity index (χ1n) is 5.55. The summed E-state index contributed by atoms with van der Waals surface area (Å²) < 4.78 is 5.35. The van der Waals surface area contributed by atoms with Gasteiger partial charge < -0.3 is 15.4 Å². The van der Waals surface area contributed by atoms with Gasteiger partial charge in [0.05, 0.1) is 19.8 Å². The molecule has 1 heterocycles. The first-order valence-corrected chi connectivity index (χ1v) is 6.70. The van der Waals surface area contributed by atoms with Gasteiger partial charge in [-0.25, -0.2) is 0 Å². The number of nitrogens with zero attached hydrogens (tertiary/aromatic N) is 2. The number of ether oxygens (including phenoxy) is 1. The average molecular weight is 243 g/mol. The minimum Gasteiger partial charge on any atom is -0.375 e. The summed E-state index contributed by atoms with van der Waals surface area (Å²) in [5.41, 5.74) is 6.92. The molecule has 4 nitrogen and oxygen atoms in total. The molecule has 5 heteroatoms. The molecule has 1 aliphatic rings. The maximum Gasteiger partial charge on any atom is 0.191 e. The largest absolute Gasteiger partial charge is 0.375 e. The lowest BCUT2D eigenvalue weighted by Gasteiger charge is -2.27. The highest BCUT2D eigenvalue weighted by Crippen LogP contribution is 2.08. The first kappa shape index (κ1) is 13.4. The summed E-state index contributed by atoms with van der Waals surface area (Å²) in [6.07, 6.45) is 0. The molecular formula is C11H21N3OS. The second kappa shape index (κ2) is 7.57. The Bertz CT molecular complexity index is 250. The average Bonchev–Trinajstić information content (AvgIpc) is 2.29. The van der Waals surface area contributed by atoms with Gasteiger partial charge in [-0.3, -0.25) is 4.99 Å². The zero-order chi connectivity index (χ0) is 11.8. The van der Waals surface area contributed by atoms with Crippen molar-refractivity contribution in [2.45, 2.75) is 6.92 Å². The predicted molar refractivity (Wildman–Crippen MR) is 71.0 cm³/mol. The van der Waals surface area contributed by atoms with E-state index in [0.29, 0.717) is 25.7 Å². The Kier molecular flexibility index (Phi) is 6.33. The molecule has 92 valence electrons. The minimum absolute atomic E-state index is 0.607. The van der Waals surface area contributed by atoms with Gasteiger partial charge in [0.2, 0.25) is 0 Å². The van der Waals surface area contributed by atoms with Crippen molar-refractivity contribution >= 4 is 17.7 Å². The van der Waals surface area contributed by atoms with Crippen LogP contribution >= 0.6 is 11.8 Å². The summed E-state index contributed by atoms with van der Waals surface area (Å²) in [5.74, 6) is 2.93. The van der Waals surface area contributed by atoms with Crippen molar-refractivity contribution in [3.63, 3.8) is 0 Å². The molecule has 1 aliphatic heterocycles. The highest BCUT2D eigenvalue weighted by Gasteiger charge is 2.11. The van der Waals surface area contributed by atoms with Crippen molar-refractivity contribution in [3.8, 4) is 0 Å². The van der Waals surface area contributed by atoms with Gasteiger partial charge in [-0.1, -0.05) is 12.2 Å². The van der Waals surface area contributed by atoms with Crippen molar-refractivity contribution < 1.29 is 4.74 Å². The molecule has 0 atom stereocenters. The van der Waals surface area contributed by atoms with E-state index in [9.17, 15) is 0 Å². The topological polar surface area (TPSA) is 50.9 Å². The van der Waals surface area contributed by atoms with Crippen LogP contribution in [0, 0.1) is 0 Å². The standard InChI is InChI=1S/C11H21N3OS/c1-10(2)9-15-6-3-13-11(12)14-4-7-16-8-5-14/h1,3-9H2,2H3,(H2,12,13). The molecule has 2 N–H and O–H groups in total. The van der Waals surface area contributed by atoms with Crippen molar-refractivity contribution in [3.05, 3.63) is 12.2 Å². The monoisotopic (exact) mass is 243 g/mol. The Morgan fingerprint density at radius 2 is 2.19 bits per heavy atom. The van der Waals surface area contributed by atoms with E-state index < -0.39 is 0 Å². The van der Waals surface area contributed by atoms with E-state index in [2.05, 4.69) is 16.5 Å². The van der Waals surface area contributed by atoms with Gasteiger partial charge in [0, 0.05) is 24.6 Å². The molecule has 0 bridgehead atoms. The highest BCUT2D eigenvalue weighted by atomic mass is 32.2. The fourth-order valence-electron chi connectivity index (χ4n) is 1.36. The molecule has 16 heavy (non-hydrogen) atoms. The van der Waals surface area contributed by atoms with E-state index >= 15 is 0 Å². The van der Waals surface area contributed by atoms with E-state index in [1.807, 2.05) is 18.7 Å². The van der Waals surface area contributed by atoms with E-state index in [1.165, 1.54) is 0 Å². The third-order valence-electron chi connectivity index (χ3n) is 2.19. The summed E-state index contributed by atoms with van der Waals surface area (Å²) >= 11 is 1.96. The Morgan fingerprint density at radius 3 is 2.81 bits per heavy atom. The lowest BCUT2D eigenvalue weighted by molar-refractivity contribution is 0.164. The maximum absolute atomic E-state index is 5.88. The van der Waals surface area contributed by atoms with Gasteiger partial charge in [0.1, 0.15) is 0 Å². The van der Waals surface area contributed by atoms with Gasteiger partial charge in [-0.15, -0.1) is 0 Å². The SMILES string of the molecule is C=C(C)COCCN=C(N)N1CCSCC1. The number of hydrogen-bond acceptors (Lipinski definition) is 3. The predicted octanol–water partition coefficient (Wildman–Crippen LogP) is 0.943. The molecule has 1 rings (SSSR count). The Hall–Kier alpha value is -0.680. The summed E-state index contributed by atoms with van der Waals surface area (Å²) in [6.45, 7) is 9.57. The van der Waals surface area contributed by atoms with Crippen LogP contribution in [0.5, 0.6) is 0 Å². The molecule has 0 aromatic heterocycles. The quantitative estimate of drug-likeness (QED) is 0.338. The second-order valence-electron chi connectivity index (χ2n) is 3.85. The zero-order valence-electron chi connectivity index (χ0n) is 9.95. The van der Waals surface area contributed by atoms with Crippen LogP contribution in [0.3, 0.4) is 0 Å². The highest BCUT2D eigenvalue weighted by molar-refractivity contribution is 7.99. The summed E-state index contributed by atoms with van der Waals surface area (Å²) in [7, 11) is 0. The van der Waals surface area contributed by atoms with E-state index in [4.69, 9.17) is 10.5 Å². The molecule has 0 radical (unpaired) electrons. The van der Waals surface area contributed by atoms with Crippen LogP contribution in [0.2, 0.25) is 0 Å². The van der Waals surface area contributed by atoms with Crippen LogP contribution in [0.15, 0.2) is 17.1 Å². The minimum atomic E-state index is 0.607. The van der Waals surface area contributed by atoms with Crippen molar-refractivity contribution in [1.29, 1.82) is 0 Å². The van der Waals surface area contributed by atoms with Crippen LogP contribution in [-0.4, -0.2) is 55.2 Å². The summed E-state index contributed by atoms with van der Waals surface area (Å²) in [6, 6.07) is 0. The number of hydrogen-bond donors (Lipinski definition) is 1. The molecular weight excluding hydrogens is 222 g/mol.